The van der Waals surface area contributed by atoms with E-state index in [0.717, 1.165) is 18.6 Å². The lowest BCUT2D eigenvalue weighted by Gasteiger charge is -2.38. The molecule has 7 rings (SSSR count). The molecular weight excluding hydrogens is 402 g/mol. The van der Waals surface area contributed by atoms with Gasteiger partial charge in [0.05, 0.1) is 12.1 Å². The Morgan fingerprint density at radius 1 is 0.758 bits per heavy atom. The molecule has 0 bridgehead atoms. The summed E-state index contributed by atoms with van der Waals surface area (Å²) in [6.45, 7) is 2.33. The molecule has 6 unspecified atom stereocenters. The van der Waals surface area contributed by atoms with Crippen molar-refractivity contribution in [1.29, 1.82) is 0 Å². The predicted octanol–water partition coefficient (Wildman–Crippen LogP) is 7.08. The van der Waals surface area contributed by atoms with Gasteiger partial charge in [-0.3, -0.25) is 0 Å². The van der Waals surface area contributed by atoms with Crippen molar-refractivity contribution in [1.82, 2.24) is 0 Å². The quantitative estimate of drug-likeness (QED) is 0.471. The summed E-state index contributed by atoms with van der Waals surface area (Å²) in [6.07, 6.45) is 25.5. The van der Waals surface area contributed by atoms with Crippen LogP contribution in [0.2, 0.25) is 0 Å². The second-order valence-corrected chi connectivity index (χ2v) is 10.0. The molecule has 0 saturated heterocycles. The highest BCUT2D eigenvalue weighted by Crippen LogP contribution is 2.49. The minimum absolute atomic E-state index is 0.313. The number of hydrogen-bond donors (Lipinski definition) is 0. The largest absolute Gasteiger partial charge is 0.489 e. The molecule has 2 heteroatoms. The molecule has 2 aromatic rings. The van der Waals surface area contributed by atoms with Gasteiger partial charge >= 0.3 is 0 Å². The summed E-state index contributed by atoms with van der Waals surface area (Å²) >= 11 is 0. The van der Waals surface area contributed by atoms with E-state index in [1.807, 2.05) is 0 Å². The van der Waals surface area contributed by atoms with Gasteiger partial charge in [-0.25, -0.2) is 0 Å². The number of ether oxygens (including phenoxy) is 1. The van der Waals surface area contributed by atoms with E-state index in [0.29, 0.717) is 35.9 Å². The fourth-order valence-electron chi connectivity index (χ4n) is 6.46. The molecule has 0 spiro atoms. The summed E-state index contributed by atoms with van der Waals surface area (Å²) in [5, 5.41) is 0. The molecule has 2 heterocycles. The Labute approximate surface area is 196 Å². The van der Waals surface area contributed by atoms with Crippen LogP contribution in [0.4, 0.5) is 5.69 Å². The number of anilines is 1. The molecule has 0 fully saturated rings. The maximum atomic E-state index is 6.25. The van der Waals surface area contributed by atoms with Crippen LogP contribution in [0.5, 0.6) is 5.75 Å². The minimum Gasteiger partial charge on any atom is -0.489 e. The van der Waals surface area contributed by atoms with Crippen LogP contribution in [0.25, 0.3) is 11.1 Å². The predicted molar refractivity (Wildman–Crippen MR) is 136 cm³/mol. The summed E-state index contributed by atoms with van der Waals surface area (Å²) in [5.74, 6) is 2.37. The Hall–Kier alpha value is -3.26. The number of nitrogens with zero attached hydrogens (tertiary/aromatic N) is 1. The van der Waals surface area contributed by atoms with Crippen LogP contribution in [0, 0.1) is 5.92 Å². The van der Waals surface area contributed by atoms with Crippen molar-refractivity contribution in [3.63, 3.8) is 0 Å². The smallest absolute Gasteiger partial charge is 0.123 e. The highest BCUT2D eigenvalue weighted by Gasteiger charge is 2.41. The molecule has 33 heavy (non-hydrogen) atoms. The van der Waals surface area contributed by atoms with E-state index < -0.39 is 0 Å². The third kappa shape index (κ3) is 2.93. The van der Waals surface area contributed by atoms with Crippen molar-refractivity contribution in [2.24, 2.45) is 5.92 Å². The monoisotopic (exact) mass is 431 g/mol. The lowest BCUT2D eigenvalue weighted by molar-refractivity contribution is 0.204. The third-order valence-corrected chi connectivity index (χ3v) is 8.13. The van der Waals surface area contributed by atoms with Crippen molar-refractivity contribution in [2.75, 3.05) is 4.90 Å². The first-order valence-electron chi connectivity index (χ1n) is 12.4. The first-order chi connectivity index (χ1) is 16.3. The van der Waals surface area contributed by atoms with Gasteiger partial charge in [-0.05, 0) is 59.7 Å². The fraction of sp³-hybridized carbons (Fsp3) is 0.290. The summed E-state index contributed by atoms with van der Waals surface area (Å²) < 4.78 is 6.25. The Bertz CT molecular complexity index is 1260. The molecule has 0 saturated carbocycles. The van der Waals surface area contributed by atoms with E-state index in [4.69, 9.17) is 4.74 Å². The van der Waals surface area contributed by atoms with Crippen molar-refractivity contribution in [3.05, 3.63) is 108 Å². The van der Waals surface area contributed by atoms with Crippen LogP contribution in [-0.2, 0) is 0 Å². The minimum atomic E-state index is 0.313. The molecular formula is C31H29NO. The summed E-state index contributed by atoms with van der Waals surface area (Å²) in [5.41, 5.74) is 6.76. The Balaban J connectivity index is 1.29. The van der Waals surface area contributed by atoms with Gasteiger partial charge in [-0.2, -0.15) is 0 Å². The molecule has 0 aromatic heterocycles. The van der Waals surface area contributed by atoms with Gasteiger partial charge in [0.25, 0.3) is 0 Å². The van der Waals surface area contributed by atoms with E-state index in [1.165, 1.54) is 27.9 Å². The van der Waals surface area contributed by atoms with Crippen LogP contribution in [-0.4, -0.2) is 18.2 Å². The van der Waals surface area contributed by atoms with E-state index >= 15 is 0 Å². The van der Waals surface area contributed by atoms with E-state index in [-0.39, 0.29) is 0 Å². The standard InChI is InChI=1S/C31H29NO/c1-20-8-2-5-11-27(20)32-28-12-6-3-9-23(28)25-18-21(14-16-29(25)32)22-15-17-31-26(19-22)24-10-4-7-13-30(24)33-31/h2-6,8-12,14-20,23-24,27-28,30H,7,13H2,1H3. The van der Waals surface area contributed by atoms with Crippen molar-refractivity contribution in [3.8, 4) is 16.9 Å². The Kier molecular flexibility index (Phi) is 4.30. The second-order valence-electron chi connectivity index (χ2n) is 10.0. The summed E-state index contributed by atoms with van der Waals surface area (Å²) in [6, 6.07) is 14.7. The lowest BCUT2D eigenvalue weighted by Crippen LogP contribution is -2.44. The zero-order chi connectivity index (χ0) is 21.9. The number of allylic oxidation sites excluding steroid dienone is 5. The second kappa shape index (κ2) is 7.38. The number of benzene rings is 2. The van der Waals surface area contributed by atoms with Crippen molar-refractivity contribution < 1.29 is 4.74 Å². The first kappa shape index (κ1) is 19.2. The number of rotatable bonds is 2. The topological polar surface area (TPSA) is 12.5 Å². The van der Waals surface area contributed by atoms with Crippen LogP contribution in [0.15, 0.2) is 97.2 Å². The van der Waals surface area contributed by atoms with Gasteiger partial charge < -0.3 is 9.64 Å². The van der Waals surface area contributed by atoms with E-state index in [2.05, 4.69) is 109 Å². The van der Waals surface area contributed by atoms with Crippen LogP contribution in [0.3, 0.4) is 0 Å². The molecule has 5 aliphatic rings. The van der Waals surface area contributed by atoms with E-state index in [9.17, 15) is 0 Å². The number of hydrogen-bond acceptors (Lipinski definition) is 2. The van der Waals surface area contributed by atoms with Gasteiger partial charge in [0.2, 0.25) is 0 Å². The summed E-state index contributed by atoms with van der Waals surface area (Å²) in [7, 11) is 0. The fourth-order valence-corrected chi connectivity index (χ4v) is 6.46. The molecule has 164 valence electrons. The molecule has 0 radical (unpaired) electrons. The molecule has 0 amide bonds. The molecule has 0 N–H and O–H groups in total. The van der Waals surface area contributed by atoms with Gasteiger partial charge in [-0.15, -0.1) is 0 Å². The molecule has 6 atom stereocenters. The highest BCUT2D eigenvalue weighted by molar-refractivity contribution is 5.75. The first-order valence-corrected chi connectivity index (χ1v) is 12.4. The van der Waals surface area contributed by atoms with Crippen molar-refractivity contribution >= 4 is 5.69 Å². The average molecular weight is 432 g/mol. The molecule has 2 nitrogen and oxygen atoms in total. The van der Waals surface area contributed by atoms with Crippen molar-refractivity contribution in [2.45, 2.75) is 49.8 Å². The Morgan fingerprint density at radius 3 is 2.39 bits per heavy atom. The van der Waals surface area contributed by atoms with Gasteiger partial charge in [0.15, 0.2) is 0 Å². The molecule has 2 aliphatic heterocycles. The van der Waals surface area contributed by atoms with Gasteiger partial charge in [-0.1, -0.05) is 79.8 Å². The zero-order valence-electron chi connectivity index (χ0n) is 19.0. The third-order valence-electron chi connectivity index (χ3n) is 8.13. The molecule has 3 aliphatic carbocycles. The maximum Gasteiger partial charge on any atom is 0.123 e. The average Bonchev–Trinajstić information content (AvgIpc) is 3.39. The highest BCUT2D eigenvalue weighted by atomic mass is 16.5. The Morgan fingerprint density at radius 2 is 1.52 bits per heavy atom. The zero-order valence-corrected chi connectivity index (χ0v) is 19.0. The molecule has 2 aromatic carbocycles. The summed E-state index contributed by atoms with van der Waals surface area (Å²) in [4.78, 5) is 2.64. The van der Waals surface area contributed by atoms with Gasteiger partial charge in [0.1, 0.15) is 11.9 Å². The van der Waals surface area contributed by atoms with Gasteiger partial charge in [0, 0.05) is 23.1 Å². The van der Waals surface area contributed by atoms with Crippen LogP contribution >= 0.6 is 0 Å². The number of fused-ring (bicyclic) bond motifs is 6. The van der Waals surface area contributed by atoms with Crippen LogP contribution < -0.4 is 9.64 Å². The lowest BCUT2D eigenvalue weighted by atomic mass is 9.86. The SMILES string of the molecule is CC1C=CC=CC1N1c2ccc(-c3ccc4c(c3)C3C=CCCC3O4)cc2C2C=CC=CC21. The normalized spacial score (nSPS) is 32.3. The van der Waals surface area contributed by atoms with Crippen LogP contribution in [0.1, 0.15) is 42.7 Å². The maximum absolute atomic E-state index is 6.25. The van der Waals surface area contributed by atoms with E-state index in [1.54, 1.807) is 0 Å².